The minimum Gasteiger partial charge on any atom is -0.146 e. The molecule has 0 saturated carbocycles. The molecule has 1 rings (SSSR count). The van der Waals surface area contributed by atoms with Crippen LogP contribution in [0.4, 0.5) is 0 Å². The standard InChI is InChI=1S/C13H20BrClS/c1-9(8-13(2,3)4)7-11(15)12-10(14)5-6-16-12/h5-6,9,11H,7-8H2,1-4H3. The molecule has 0 spiro atoms. The predicted octanol–water partition coefficient (Wildman–Crippen LogP) is 6.25. The maximum Gasteiger partial charge on any atom is 0.0692 e. The molecule has 1 heterocycles. The number of thiophene rings is 1. The molecule has 1 aromatic heterocycles. The Hall–Kier alpha value is 0.470. The molecule has 2 unspecified atom stereocenters. The first kappa shape index (κ1) is 14.5. The van der Waals surface area contributed by atoms with Crippen LogP contribution in [0.25, 0.3) is 0 Å². The average Bonchev–Trinajstić information content (AvgIpc) is 2.47. The van der Waals surface area contributed by atoms with Crippen LogP contribution in [-0.2, 0) is 0 Å². The smallest absolute Gasteiger partial charge is 0.0692 e. The average molecular weight is 324 g/mol. The number of hydrogen-bond acceptors (Lipinski definition) is 1. The monoisotopic (exact) mass is 322 g/mol. The molecule has 0 fully saturated rings. The van der Waals surface area contributed by atoms with Gasteiger partial charge in [-0.25, -0.2) is 0 Å². The minimum absolute atomic E-state index is 0.145. The Morgan fingerprint density at radius 1 is 1.44 bits per heavy atom. The van der Waals surface area contributed by atoms with E-state index in [2.05, 4.69) is 55.1 Å². The molecular formula is C13H20BrClS. The van der Waals surface area contributed by atoms with Crippen molar-refractivity contribution >= 4 is 38.9 Å². The molecular weight excluding hydrogens is 304 g/mol. The Labute approximate surface area is 117 Å². The molecule has 92 valence electrons. The van der Waals surface area contributed by atoms with Crippen LogP contribution in [0, 0.1) is 11.3 Å². The molecule has 0 amide bonds. The normalized spacial score (nSPS) is 16.1. The number of halogens is 2. The van der Waals surface area contributed by atoms with Gasteiger partial charge in [-0.3, -0.25) is 0 Å². The Bertz CT molecular complexity index is 327. The van der Waals surface area contributed by atoms with Crippen molar-refractivity contribution in [3.05, 3.63) is 20.8 Å². The molecule has 0 bridgehead atoms. The van der Waals surface area contributed by atoms with E-state index in [1.165, 1.54) is 11.3 Å². The Balaban J connectivity index is 2.52. The van der Waals surface area contributed by atoms with Gasteiger partial charge in [-0.15, -0.1) is 22.9 Å². The van der Waals surface area contributed by atoms with Gasteiger partial charge in [0.15, 0.2) is 0 Å². The van der Waals surface area contributed by atoms with Crippen molar-refractivity contribution in [2.45, 2.75) is 45.9 Å². The van der Waals surface area contributed by atoms with Gasteiger partial charge >= 0.3 is 0 Å². The summed E-state index contributed by atoms with van der Waals surface area (Å²) >= 11 is 11.7. The highest BCUT2D eigenvalue weighted by molar-refractivity contribution is 9.10. The van der Waals surface area contributed by atoms with Gasteiger partial charge in [0.25, 0.3) is 0 Å². The summed E-state index contributed by atoms with van der Waals surface area (Å²) in [5.41, 5.74) is 0.392. The van der Waals surface area contributed by atoms with Crippen molar-refractivity contribution in [2.24, 2.45) is 11.3 Å². The third-order valence-electron chi connectivity index (χ3n) is 2.50. The third-order valence-corrected chi connectivity index (χ3v) is 5.01. The molecule has 16 heavy (non-hydrogen) atoms. The molecule has 3 heteroatoms. The van der Waals surface area contributed by atoms with Crippen molar-refractivity contribution in [3.63, 3.8) is 0 Å². The first-order valence-electron chi connectivity index (χ1n) is 5.66. The summed E-state index contributed by atoms with van der Waals surface area (Å²) in [5.74, 6) is 0.663. The number of hydrogen-bond donors (Lipinski definition) is 0. The fourth-order valence-corrected chi connectivity index (χ4v) is 4.46. The van der Waals surface area contributed by atoms with E-state index in [9.17, 15) is 0 Å². The zero-order valence-electron chi connectivity index (χ0n) is 10.4. The van der Waals surface area contributed by atoms with Crippen molar-refractivity contribution in [2.75, 3.05) is 0 Å². The van der Waals surface area contributed by atoms with E-state index in [4.69, 9.17) is 11.6 Å². The summed E-state index contributed by atoms with van der Waals surface area (Å²) in [6, 6.07) is 2.07. The van der Waals surface area contributed by atoms with Crippen LogP contribution in [0.5, 0.6) is 0 Å². The van der Waals surface area contributed by atoms with Gasteiger partial charge in [0.1, 0.15) is 0 Å². The maximum absolute atomic E-state index is 6.46. The van der Waals surface area contributed by atoms with E-state index in [1.807, 2.05) is 0 Å². The van der Waals surface area contributed by atoms with Gasteiger partial charge in [-0.05, 0) is 51.6 Å². The summed E-state index contributed by atoms with van der Waals surface area (Å²) in [6.45, 7) is 9.15. The highest BCUT2D eigenvalue weighted by Crippen LogP contribution is 2.39. The van der Waals surface area contributed by atoms with Crippen molar-refractivity contribution in [3.8, 4) is 0 Å². The first-order chi connectivity index (χ1) is 7.29. The van der Waals surface area contributed by atoms with Gasteiger partial charge in [0.2, 0.25) is 0 Å². The number of rotatable bonds is 4. The molecule has 0 aliphatic heterocycles. The predicted molar refractivity (Wildman–Crippen MR) is 78.5 cm³/mol. The van der Waals surface area contributed by atoms with Crippen LogP contribution >= 0.6 is 38.9 Å². The fraction of sp³-hybridized carbons (Fsp3) is 0.692. The Kier molecular flexibility index (Phi) is 5.34. The molecule has 0 aromatic carbocycles. The molecule has 2 atom stereocenters. The Morgan fingerprint density at radius 3 is 2.50 bits per heavy atom. The van der Waals surface area contributed by atoms with Gasteiger partial charge < -0.3 is 0 Å². The van der Waals surface area contributed by atoms with E-state index in [1.54, 1.807) is 11.3 Å². The molecule has 0 aliphatic carbocycles. The van der Waals surface area contributed by atoms with Crippen LogP contribution < -0.4 is 0 Å². The first-order valence-corrected chi connectivity index (χ1v) is 7.77. The van der Waals surface area contributed by atoms with E-state index >= 15 is 0 Å². The minimum atomic E-state index is 0.145. The summed E-state index contributed by atoms with van der Waals surface area (Å²) in [7, 11) is 0. The lowest BCUT2D eigenvalue weighted by atomic mass is 9.83. The molecule has 0 saturated heterocycles. The SMILES string of the molecule is CC(CC(Cl)c1sccc1Br)CC(C)(C)C. The second-order valence-electron chi connectivity index (χ2n) is 5.71. The lowest BCUT2D eigenvalue weighted by molar-refractivity contribution is 0.295. The third kappa shape index (κ3) is 4.77. The lowest BCUT2D eigenvalue weighted by Crippen LogP contribution is -2.12. The van der Waals surface area contributed by atoms with Crippen LogP contribution in [-0.4, -0.2) is 0 Å². The van der Waals surface area contributed by atoms with Crippen LogP contribution in [0.2, 0.25) is 0 Å². The largest absolute Gasteiger partial charge is 0.146 e. The second-order valence-corrected chi connectivity index (χ2v) is 8.03. The molecule has 1 aromatic rings. The highest BCUT2D eigenvalue weighted by Gasteiger charge is 2.20. The molecule has 0 nitrogen and oxygen atoms in total. The Morgan fingerprint density at radius 2 is 2.06 bits per heavy atom. The quantitative estimate of drug-likeness (QED) is 0.574. The maximum atomic E-state index is 6.46. The van der Waals surface area contributed by atoms with Crippen LogP contribution in [0.3, 0.4) is 0 Å². The van der Waals surface area contributed by atoms with E-state index in [0.717, 1.165) is 10.9 Å². The summed E-state index contributed by atoms with van der Waals surface area (Å²) < 4.78 is 1.15. The summed E-state index contributed by atoms with van der Waals surface area (Å²) in [6.07, 6.45) is 2.27. The lowest BCUT2D eigenvalue weighted by Gasteiger charge is -2.24. The van der Waals surface area contributed by atoms with E-state index < -0.39 is 0 Å². The van der Waals surface area contributed by atoms with Crippen molar-refractivity contribution in [1.82, 2.24) is 0 Å². The van der Waals surface area contributed by atoms with Gasteiger partial charge in [-0.2, -0.15) is 0 Å². The zero-order valence-corrected chi connectivity index (χ0v) is 13.5. The van der Waals surface area contributed by atoms with Gasteiger partial charge in [-0.1, -0.05) is 27.7 Å². The second kappa shape index (κ2) is 5.88. The topological polar surface area (TPSA) is 0 Å². The van der Waals surface area contributed by atoms with Crippen LogP contribution in [0.1, 0.15) is 50.8 Å². The molecule has 0 N–H and O–H groups in total. The van der Waals surface area contributed by atoms with Crippen molar-refractivity contribution in [1.29, 1.82) is 0 Å². The van der Waals surface area contributed by atoms with Gasteiger partial charge in [0.05, 0.1) is 5.38 Å². The summed E-state index contributed by atoms with van der Waals surface area (Å²) in [4.78, 5) is 1.27. The van der Waals surface area contributed by atoms with Gasteiger partial charge in [0, 0.05) is 9.35 Å². The number of alkyl halides is 1. The fourth-order valence-electron chi connectivity index (χ4n) is 2.12. The highest BCUT2D eigenvalue weighted by atomic mass is 79.9. The van der Waals surface area contributed by atoms with Crippen LogP contribution in [0.15, 0.2) is 15.9 Å². The molecule has 0 radical (unpaired) electrons. The van der Waals surface area contributed by atoms with E-state index in [0.29, 0.717) is 11.3 Å². The molecule has 0 aliphatic rings. The zero-order chi connectivity index (χ0) is 12.3. The summed E-state index contributed by atoms with van der Waals surface area (Å²) in [5, 5.41) is 2.23. The van der Waals surface area contributed by atoms with Crippen molar-refractivity contribution < 1.29 is 0 Å². The van der Waals surface area contributed by atoms with E-state index in [-0.39, 0.29) is 5.38 Å².